The van der Waals surface area contributed by atoms with E-state index in [4.69, 9.17) is 0 Å². The van der Waals surface area contributed by atoms with Crippen molar-refractivity contribution >= 4 is 0 Å². The van der Waals surface area contributed by atoms with Gasteiger partial charge in [-0.1, -0.05) is 12.1 Å². The third-order valence-corrected chi connectivity index (χ3v) is 2.86. The summed E-state index contributed by atoms with van der Waals surface area (Å²) in [6, 6.07) is 5.33. The van der Waals surface area contributed by atoms with Gasteiger partial charge in [0.25, 0.3) is 0 Å². The van der Waals surface area contributed by atoms with Crippen molar-refractivity contribution in [1.29, 1.82) is 0 Å². The van der Waals surface area contributed by atoms with Crippen LogP contribution in [0.2, 0.25) is 0 Å². The second-order valence-electron chi connectivity index (χ2n) is 5.00. The topological polar surface area (TPSA) is 18.5 Å². The molecule has 3 nitrogen and oxygen atoms in total. The minimum atomic E-state index is -0.119. The van der Waals surface area contributed by atoms with Gasteiger partial charge in [-0.15, -0.1) is 0 Å². The molecule has 1 aromatic carbocycles. The number of nitrogens with zero attached hydrogens (tertiary/aromatic N) is 2. The molecule has 0 saturated heterocycles. The molecule has 102 valence electrons. The number of nitrogens with one attached hydrogen (secondary N) is 1. The van der Waals surface area contributed by atoms with Crippen LogP contribution in [0.3, 0.4) is 0 Å². The zero-order chi connectivity index (χ0) is 13.5. The van der Waals surface area contributed by atoms with Crippen molar-refractivity contribution in [3.63, 3.8) is 0 Å². The van der Waals surface area contributed by atoms with E-state index >= 15 is 0 Å². The Bertz CT molecular complexity index is 366. The third kappa shape index (κ3) is 5.12. The van der Waals surface area contributed by atoms with Crippen LogP contribution in [-0.4, -0.2) is 51.1 Å². The molecule has 1 rings (SSSR count). The summed E-state index contributed by atoms with van der Waals surface area (Å²) < 4.78 is 13.7. The van der Waals surface area contributed by atoms with E-state index in [2.05, 4.69) is 15.1 Å². The van der Waals surface area contributed by atoms with Crippen LogP contribution in [-0.2, 0) is 13.1 Å². The summed E-state index contributed by atoms with van der Waals surface area (Å²) in [4.78, 5) is 4.27. The van der Waals surface area contributed by atoms with E-state index in [0.29, 0.717) is 6.54 Å². The average Bonchev–Trinajstić information content (AvgIpc) is 2.31. The monoisotopic (exact) mass is 253 g/mol. The molecule has 4 heteroatoms. The predicted molar refractivity (Wildman–Crippen MR) is 74.1 cm³/mol. The minimum absolute atomic E-state index is 0.119. The summed E-state index contributed by atoms with van der Waals surface area (Å²) in [5.41, 5.74) is 1.89. The van der Waals surface area contributed by atoms with Crippen molar-refractivity contribution < 1.29 is 4.39 Å². The molecular formula is C14H24FN3. The second-order valence-corrected chi connectivity index (χ2v) is 5.00. The van der Waals surface area contributed by atoms with Gasteiger partial charge in [0, 0.05) is 31.7 Å². The van der Waals surface area contributed by atoms with Gasteiger partial charge in [-0.2, -0.15) is 0 Å². The first-order chi connectivity index (χ1) is 8.52. The summed E-state index contributed by atoms with van der Waals surface area (Å²) >= 11 is 0. The molecule has 0 aliphatic rings. The van der Waals surface area contributed by atoms with Gasteiger partial charge in [0.1, 0.15) is 5.82 Å². The standard InChI is InChI=1S/C14H24FN3/c1-16-10-12-5-6-14(15)13(9-12)11-18(4)8-7-17(2)3/h5-6,9,16H,7-8,10-11H2,1-4H3. The van der Waals surface area contributed by atoms with Crippen LogP contribution >= 0.6 is 0 Å². The van der Waals surface area contributed by atoms with E-state index in [9.17, 15) is 4.39 Å². The third-order valence-electron chi connectivity index (χ3n) is 2.86. The molecule has 0 heterocycles. The molecule has 1 aromatic rings. The number of halogens is 1. The van der Waals surface area contributed by atoms with Crippen molar-refractivity contribution in [1.82, 2.24) is 15.1 Å². The average molecular weight is 253 g/mol. The molecule has 18 heavy (non-hydrogen) atoms. The maximum Gasteiger partial charge on any atom is 0.127 e. The lowest BCUT2D eigenvalue weighted by Gasteiger charge is -2.20. The molecule has 0 aromatic heterocycles. The second kappa shape index (κ2) is 7.46. The first-order valence-electron chi connectivity index (χ1n) is 6.28. The van der Waals surface area contributed by atoms with E-state index in [1.165, 1.54) is 0 Å². The van der Waals surface area contributed by atoms with Crippen LogP contribution in [0.5, 0.6) is 0 Å². The maximum atomic E-state index is 13.7. The number of rotatable bonds is 7. The first kappa shape index (κ1) is 15.1. The van der Waals surface area contributed by atoms with E-state index in [-0.39, 0.29) is 5.82 Å². The van der Waals surface area contributed by atoms with Crippen LogP contribution in [0, 0.1) is 5.82 Å². The van der Waals surface area contributed by atoms with Crippen molar-refractivity contribution in [2.45, 2.75) is 13.1 Å². The molecule has 0 aliphatic heterocycles. The fraction of sp³-hybridized carbons (Fsp3) is 0.571. The SMILES string of the molecule is CNCc1ccc(F)c(CN(C)CCN(C)C)c1. The Kier molecular flexibility index (Phi) is 6.25. The number of hydrogen-bond acceptors (Lipinski definition) is 3. The van der Waals surface area contributed by atoms with Gasteiger partial charge in [-0.3, -0.25) is 0 Å². The van der Waals surface area contributed by atoms with Crippen LogP contribution in [0.25, 0.3) is 0 Å². The molecular weight excluding hydrogens is 229 g/mol. The Balaban J connectivity index is 2.61. The molecule has 0 radical (unpaired) electrons. The van der Waals surface area contributed by atoms with Gasteiger partial charge in [0.05, 0.1) is 0 Å². The molecule has 0 spiro atoms. The van der Waals surface area contributed by atoms with Gasteiger partial charge in [-0.25, -0.2) is 4.39 Å². The Morgan fingerprint density at radius 2 is 1.89 bits per heavy atom. The molecule has 0 aliphatic carbocycles. The summed E-state index contributed by atoms with van der Waals surface area (Å²) in [5, 5.41) is 3.08. The highest BCUT2D eigenvalue weighted by Crippen LogP contribution is 2.12. The van der Waals surface area contributed by atoms with Crippen molar-refractivity contribution in [3.8, 4) is 0 Å². The summed E-state index contributed by atoms with van der Waals surface area (Å²) in [7, 11) is 8.00. The van der Waals surface area contributed by atoms with Gasteiger partial charge < -0.3 is 15.1 Å². The minimum Gasteiger partial charge on any atom is -0.316 e. The molecule has 0 saturated carbocycles. The van der Waals surface area contributed by atoms with Crippen LogP contribution in [0.4, 0.5) is 4.39 Å². The maximum absolute atomic E-state index is 13.7. The Morgan fingerprint density at radius 3 is 2.50 bits per heavy atom. The highest BCUT2D eigenvalue weighted by Gasteiger charge is 2.07. The van der Waals surface area contributed by atoms with E-state index in [1.54, 1.807) is 6.07 Å². The van der Waals surface area contributed by atoms with Crippen molar-refractivity contribution in [3.05, 3.63) is 35.1 Å². The molecule has 0 atom stereocenters. The van der Waals surface area contributed by atoms with Crippen LogP contribution in [0.1, 0.15) is 11.1 Å². The van der Waals surface area contributed by atoms with E-state index in [1.807, 2.05) is 40.3 Å². The van der Waals surface area contributed by atoms with E-state index < -0.39 is 0 Å². The number of benzene rings is 1. The molecule has 0 bridgehead atoms. The smallest absolute Gasteiger partial charge is 0.127 e. The lowest BCUT2D eigenvalue weighted by atomic mass is 10.1. The largest absolute Gasteiger partial charge is 0.316 e. The molecule has 0 fully saturated rings. The zero-order valence-corrected chi connectivity index (χ0v) is 11.8. The van der Waals surface area contributed by atoms with Crippen molar-refractivity contribution in [2.24, 2.45) is 0 Å². The Hall–Kier alpha value is -0.970. The zero-order valence-electron chi connectivity index (χ0n) is 11.8. The van der Waals surface area contributed by atoms with Crippen molar-refractivity contribution in [2.75, 3.05) is 41.3 Å². The highest BCUT2D eigenvalue weighted by molar-refractivity contribution is 5.25. The predicted octanol–water partition coefficient (Wildman–Crippen LogP) is 1.54. The Labute approximate surface area is 110 Å². The van der Waals surface area contributed by atoms with Gasteiger partial charge in [-0.05, 0) is 39.8 Å². The normalized spacial score (nSPS) is 11.5. The fourth-order valence-corrected chi connectivity index (χ4v) is 1.80. The lowest BCUT2D eigenvalue weighted by molar-refractivity contribution is 0.273. The molecule has 0 amide bonds. The molecule has 1 N–H and O–H groups in total. The number of hydrogen-bond donors (Lipinski definition) is 1. The van der Waals surface area contributed by atoms with Gasteiger partial charge in [0.15, 0.2) is 0 Å². The highest BCUT2D eigenvalue weighted by atomic mass is 19.1. The lowest BCUT2D eigenvalue weighted by Crippen LogP contribution is -2.28. The van der Waals surface area contributed by atoms with Gasteiger partial charge in [0.2, 0.25) is 0 Å². The molecule has 0 unspecified atom stereocenters. The number of likely N-dealkylation sites (N-methyl/N-ethyl adjacent to an activating group) is 2. The first-order valence-corrected chi connectivity index (χ1v) is 6.28. The van der Waals surface area contributed by atoms with Crippen LogP contribution in [0.15, 0.2) is 18.2 Å². The summed E-state index contributed by atoms with van der Waals surface area (Å²) in [6.07, 6.45) is 0. The van der Waals surface area contributed by atoms with E-state index in [0.717, 1.165) is 30.8 Å². The summed E-state index contributed by atoms with van der Waals surface area (Å²) in [6.45, 7) is 3.34. The van der Waals surface area contributed by atoms with Gasteiger partial charge >= 0.3 is 0 Å². The quantitative estimate of drug-likeness (QED) is 0.795. The summed E-state index contributed by atoms with van der Waals surface area (Å²) in [5.74, 6) is -0.119. The van der Waals surface area contributed by atoms with Crippen LogP contribution < -0.4 is 5.32 Å². The Morgan fingerprint density at radius 1 is 1.17 bits per heavy atom. The fourth-order valence-electron chi connectivity index (χ4n) is 1.80.